The lowest BCUT2D eigenvalue weighted by molar-refractivity contribution is -0.139. The molecule has 4 heteroatoms. The molecule has 0 aromatic rings. The Kier molecular flexibility index (Phi) is 3.26. The minimum absolute atomic E-state index is 0.208. The van der Waals surface area contributed by atoms with E-state index in [-0.39, 0.29) is 12.0 Å². The maximum absolute atomic E-state index is 12.0. The van der Waals surface area contributed by atoms with Gasteiger partial charge in [-0.25, -0.2) is 0 Å². The largest absolute Gasteiger partial charge is 0.342 e. The molecule has 2 saturated heterocycles. The predicted molar refractivity (Wildman–Crippen MR) is 59.3 cm³/mol. The monoisotopic (exact) mass is 211 g/mol. The third kappa shape index (κ3) is 2.32. The first-order chi connectivity index (χ1) is 7.18. The second kappa shape index (κ2) is 4.49. The van der Waals surface area contributed by atoms with Crippen LogP contribution in [0.5, 0.6) is 0 Å². The van der Waals surface area contributed by atoms with Crippen molar-refractivity contribution < 1.29 is 4.79 Å². The third-order valence-electron chi connectivity index (χ3n) is 3.64. The van der Waals surface area contributed by atoms with Crippen LogP contribution in [0.2, 0.25) is 0 Å². The fourth-order valence-corrected chi connectivity index (χ4v) is 2.36. The van der Waals surface area contributed by atoms with Gasteiger partial charge < -0.3 is 16.0 Å². The van der Waals surface area contributed by atoms with Gasteiger partial charge in [-0.2, -0.15) is 0 Å². The number of piperidine rings is 1. The highest BCUT2D eigenvalue weighted by Crippen LogP contribution is 2.21. The molecular formula is C11H21N3O. The number of hydrogen-bond acceptors (Lipinski definition) is 3. The molecule has 86 valence electrons. The summed E-state index contributed by atoms with van der Waals surface area (Å²) in [5.41, 5.74) is 5.90. The summed E-state index contributed by atoms with van der Waals surface area (Å²) < 4.78 is 0. The van der Waals surface area contributed by atoms with Crippen molar-refractivity contribution >= 4 is 5.91 Å². The SMILES string of the molecule is CC(N)C1CCCN(C(=O)C2CNC2)C1. The summed E-state index contributed by atoms with van der Waals surface area (Å²) in [5.74, 6) is 1.06. The van der Waals surface area contributed by atoms with E-state index in [0.717, 1.165) is 32.6 Å². The molecule has 0 aromatic heterocycles. The van der Waals surface area contributed by atoms with Crippen molar-refractivity contribution in [2.24, 2.45) is 17.6 Å². The van der Waals surface area contributed by atoms with Gasteiger partial charge in [-0.05, 0) is 25.7 Å². The summed E-state index contributed by atoms with van der Waals surface area (Å²) >= 11 is 0. The van der Waals surface area contributed by atoms with Crippen molar-refractivity contribution in [2.75, 3.05) is 26.2 Å². The molecular weight excluding hydrogens is 190 g/mol. The van der Waals surface area contributed by atoms with E-state index in [1.807, 2.05) is 11.8 Å². The van der Waals surface area contributed by atoms with Crippen molar-refractivity contribution in [3.63, 3.8) is 0 Å². The summed E-state index contributed by atoms with van der Waals surface area (Å²) in [7, 11) is 0. The van der Waals surface area contributed by atoms with Gasteiger partial charge in [-0.3, -0.25) is 4.79 Å². The average molecular weight is 211 g/mol. The molecule has 2 atom stereocenters. The zero-order chi connectivity index (χ0) is 10.8. The lowest BCUT2D eigenvalue weighted by Gasteiger charge is -2.38. The molecule has 3 N–H and O–H groups in total. The maximum atomic E-state index is 12.0. The topological polar surface area (TPSA) is 58.4 Å². The molecule has 0 aromatic carbocycles. The highest BCUT2D eigenvalue weighted by molar-refractivity contribution is 5.80. The van der Waals surface area contributed by atoms with Crippen LogP contribution < -0.4 is 11.1 Å². The van der Waals surface area contributed by atoms with E-state index in [2.05, 4.69) is 5.32 Å². The molecule has 1 amide bonds. The number of nitrogens with two attached hydrogens (primary N) is 1. The standard InChI is InChI=1S/C11H21N3O/c1-8(12)9-3-2-4-14(7-9)11(15)10-5-13-6-10/h8-10,13H,2-7,12H2,1H3. The third-order valence-corrected chi connectivity index (χ3v) is 3.64. The number of nitrogens with zero attached hydrogens (tertiary/aromatic N) is 1. The summed E-state index contributed by atoms with van der Waals surface area (Å²) in [5, 5.41) is 3.14. The number of likely N-dealkylation sites (tertiary alicyclic amines) is 1. The van der Waals surface area contributed by atoms with Gasteiger partial charge in [0, 0.05) is 32.2 Å². The first-order valence-corrected chi connectivity index (χ1v) is 5.93. The maximum Gasteiger partial charge on any atom is 0.228 e. The van der Waals surface area contributed by atoms with Crippen molar-refractivity contribution in [3.8, 4) is 0 Å². The zero-order valence-corrected chi connectivity index (χ0v) is 9.41. The fraction of sp³-hybridized carbons (Fsp3) is 0.909. The summed E-state index contributed by atoms with van der Waals surface area (Å²) in [6.07, 6.45) is 2.28. The second-order valence-corrected chi connectivity index (χ2v) is 4.90. The van der Waals surface area contributed by atoms with Crippen LogP contribution in [0.4, 0.5) is 0 Å². The van der Waals surface area contributed by atoms with Gasteiger partial charge >= 0.3 is 0 Å². The molecule has 2 fully saturated rings. The number of amides is 1. The van der Waals surface area contributed by atoms with Crippen LogP contribution in [0.25, 0.3) is 0 Å². The van der Waals surface area contributed by atoms with Gasteiger partial charge in [0.05, 0.1) is 5.92 Å². The lowest BCUT2D eigenvalue weighted by atomic mass is 9.90. The molecule has 2 aliphatic heterocycles. The number of carbonyl (C=O) groups is 1. The number of carbonyl (C=O) groups excluding carboxylic acids is 1. The molecule has 2 heterocycles. The van der Waals surface area contributed by atoms with Crippen molar-refractivity contribution in [1.82, 2.24) is 10.2 Å². The van der Waals surface area contributed by atoms with Crippen LogP contribution in [0.15, 0.2) is 0 Å². The van der Waals surface area contributed by atoms with Crippen LogP contribution in [0.1, 0.15) is 19.8 Å². The van der Waals surface area contributed by atoms with Gasteiger partial charge in [0.1, 0.15) is 0 Å². The average Bonchev–Trinajstić information content (AvgIpc) is 2.15. The summed E-state index contributed by atoms with van der Waals surface area (Å²) in [4.78, 5) is 14.0. The van der Waals surface area contributed by atoms with Gasteiger partial charge in [0.2, 0.25) is 5.91 Å². The van der Waals surface area contributed by atoms with Crippen LogP contribution in [-0.2, 0) is 4.79 Å². The Morgan fingerprint density at radius 3 is 2.80 bits per heavy atom. The van der Waals surface area contributed by atoms with Gasteiger partial charge in [-0.15, -0.1) is 0 Å². The Balaban J connectivity index is 1.88. The van der Waals surface area contributed by atoms with E-state index in [0.29, 0.717) is 11.8 Å². The molecule has 15 heavy (non-hydrogen) atoms. The lowest BCUT2D eigenvalue weighted by Crippen LogP contribution is -2.54. The van der Waals surface area contributed by atoms with Crippen LogP contribution in [0.3, 0.4) is 0 Å². The molecule has 2 rings (SSSR count). The molecule has 4 nitrogen and oxygen atoms in total. The highest BCUT2D eigenvalue weighted by Gasteiger charge is 2.32. The van der Waals surface area contributed by atoms with Gasteiger partial charge in [-0.1, -0.05) is 0 Å². The van der Waals surface area contributed by atoms with E-state index in [9.17, 15) is 4.79 Å². The van der Waals surface area contributed by atoms with Crippen molar-refractivity contribution in [3.05, 3.63) is 0 Å². The van der Waals surface area contributed by atoms with Crippen LogP contribution in [0, 0.1) is 11.8 Å². The molecule has 0 bridgehead atoms. The predicted octanol–water partition coefficient (Wildman–Crippen LogP) is -0.208. The summed E-state index contributed by atoms with van der Waals surface area (Å²) in [6, 6.07) is 0.208. The normalized spacial score (nSPS) is 29.7. The van der Waals surface area contributed by atoms with Crippen molar-refractivity contribution in [2.45, 2.75) is 25.8 Å². The molecule has 2 aliphatic rings. The quantitative estimate of drug-likeness (QED) is 0.664. The first kappa shape index (κ1) is 10.9. The van der Waals surface area contributed by atoms with E-state index < -0.39 is 0 Å². The molecule has 0 saturated carbocycles. The van der Waals surface area contributed by atoms with E-state index in [1.54, 1.807) is 0 Å². The molecule has 0 spiro atoms. The Labute approximate surface area is 91.2 Å². The number of nitrogens with one attached hydrogen (secondary N) is 1. The zero-order valence-electron chi connectivity index (χ0n) is 9.41. The molecule has 2 unspecified atom stereocenters. The van der Waals surface area contributed by atoms with E-state index >= 15 is 0 Å². The Morgan fingerprint density at radius 1 is 1.53 bits per heavy atom. The van der Waals surface area contributed by atoms with Gasteiger partial charge in [0.15, 0.2) is 0 Å². The Bertz CT molecular complexity index is 238. The smallest absolute Gasteiger partial charge is 0.228 e. The molecule has 0 radical (unpaired) electrons. The van der Waals surface area contributed by atoms with E-state index in [1.165, 1.54) is 6.42 Å². The highest BCUT2D eigenvalue weighted by atomic mass is 16.2. The van der Waals surface area contributed by atoms with Crippen LogP contribution >= 0.6 is 0 Å². The van der Waals surface area contributed by atoms with Crippen LogP contribution in [-0.4, -0.2) is 43.0 Å². The molecule has 0 aliphatic carbocycles. The first-order valence-electron chi connectivity index (χ1n) is 5.93. The second-order valence-electron chi connectivity index (χ2n) is 4.90. The van der Waals surface area contributed by atoms with Crippen molar-refractivity contribution in [1.29, 1.82) is 0 Å². The Hall–Kier alpha value is -0.610. The minimum Gasteiger partial charge on any atom is -0.342 e. The minimum atomic E-state index is 0.208. The summed E-state index contributed by atoms with van der Waals surface area (Å²) in [6.45, 7) is 5.56. The fourth-order valence-electron chi connectivity index (χ4n) is 2.36. The Morgan fingerprint density at radius 2 is 2.27 bits per heavy atom. The number of hydrogen-bond donors (Lipinski definition) is 2. The van der Waals surface area contributed by atoms with Gasteiger partial charge in [0.25, 0.3) is 0 Å². The number of rotatable bonds is 2. The van der Waals surface area contributed by atoms with E-state index in [4.69, 9.17) is 5.73 Å².